The molecule has 2 aromatic rings. The molecule has 3 heterocycles. The highest BCUT2D eigenvalue weighted by atomic mass is 32.2. The number of benzene rings is 1. The van der Waals surface area contributed by atoms with Crippen LogP contribution in [0.5, 0.6) is 0 Å². The first-order chi connectivity index (χ1) is 14.7. The minimum atomic E-state index is -4.71. The van der Waals surface area contributed by atoms with Crippen LogP contribution >= 0.6 is 11.8 Å². The Morgan fingerprint density at radius 1 is 1.23 bits per heavy atom. The second-order valence-electron chi connectivity index (χ2n) is 6.19. The Hall–Kier alpha value is -3.67. The van der Waals surface area contributed by atoms with E-state index in [0.717, 1.165) is 0 Å². The molecule has 0 saturated heterocycles. The van der Waals surface area contributed by atoms with E-state index in [-0.39, 0.29) is 28.3 Å². The number of aliphatic imine (C=N–C) groups is 1. The number of thioether (sulfide) groups is 1. The molecule has 0 spiro atoms. The highest BCUT2D eigenvalue weighted by Crippen LogP contribution is 2.35. The van der Waals surface area contributed by atoms with Crippen LogP contribution in [-0.4, -0.2) is 46.2 Å². The molecular formula is C19H11F3N4O4S. The predicted molar refractivity (Wildman–Crippen MR) is 107 cm³/mol. The van der Waals surface area contributed by atoms with E-state index in [9.17, 15) is 22.8 Å². The summed E-state index contributed by atoms with van der Waals surface area (Å²) in [6.07, 6.45) is -3.50. The molecule has 31 heavy (non-hydrogen) atoms. The van der Waals surface area contributed by atoms with Gasteiger partial charge in [-0.25, -0.2) is 4.79 Å². The molecule has 0 aliphatic carbocycles. The summed E-state index contributed by atoms with van der Waals surface area (Å²) in [7, 11) is 1.27. The number of hydrogen-bond acceptors (Lipinski definition) is 7. The molecule has 4 rings (SSSR count). The number of nitrogens with zero attached hydrogens (tertiary/aromatic N) is 3. The molecule has 8 nitrogen and oxygen atoms in total. The third kappa shape index (κ3) is 3.89. The number of amidine groups is 2. The third-order valence-electron chi connectivity index (χ3n) is 4.20. The number of carbonyl (C=O) groups excluding carboxylic acids is 2. The van der Waals surface area contributed by atoms with Crippen molar-refractivity contribution in [3.05, 3.63) is 53.3 Å². The number of rotatable bonds is 3. The van der Waals surface area contributed by atoms with Crippen LogP contribution in [-0.2, 0) is 9.53 Å². The lowest BCUT2D eigenvalue weighted by molar-refractivity contribution is -0.114. The van der Waals surface area contributed by atoms with E-state index in [1.54, 1.807) is 30.3 Å². The Morgan fingerprint density at radius 3 is 2.58 bits per heavy atom. The van der Waals surface area contributed by atoms with Gasteiger partial charge in [-0.3, -0.25) is 10.2 Å². The van der Waals surface area contributed by atoms with E-state index < -0.39 is 28.9 Å². The second kappa shape index (κ2) is 7.54. The quantitative estimate of drug-likeness (QED) is 0.563. The second-order valence-corrected chi connectivity index (χ2v) is 7.15. The first kappa shape index (κ1) is 20.6. The van der Waals surface area contributed by atoms with E-state index in [4.69, 9.17) is 9.83 Å². The van der Waals surface area contributed by atoms with Crippen LogP contribution in [0.2, 0.25) is 0 Å². The van der Waals surface area contributed by atoms with Crippen LogP contribution in [0.25, 0.3) is 17.4 Å². The molecule has 0 saturated carbocycles. The largest absolute Gasteiger partial charge is 0.465 e. The molecule has 158 valence electrons. The lowest BCUT2D eigenvalue weighted by atomic mass is 10.1. The van der Waals surface area contributed by atoms with Crippen molar-refractivity contribution in [2.24, 2.45) is 10.1 Å². The van der Waals surface area contributed by atoms with Crippen molar-refractivity contribution in [2.45, 2.75) is 6.18 Å². The monoisotopic (exact) mass is 448 g/mol. The number of carbonyl (C=O) groups is 2. The molecule has 0 unspecified atom stereocenters. The van der Waals surface area contributed by atoms with Gasteiger partial charge in [-0.15, -0.1) is 0 Å². The van der Waals surface area contributed by atoms with Crippen LogP contribution in [0.3, 0.4) is 0 Å². The number of furan rings is 1. The standard InChI is InChI=1S/C19H11F3N4O4S/c1-29-16(28)10-4-2-9(3-5-10)13-7-6-11(30-13)8-12-14(23)26-18(24-15(12)27)31-17(25-26)19(20,21)22/h2-8,23H,1H3. The molecule has 0 atom stereocenters. The Balaban J connectivity index is 1.60. The number of hydrazone groups is 1. The molecule has 1 aromatic carbocycles. The smallest absolute Gasteiger partial charge is 0.441 e. The number of nitrogens with one attached hydrogen (secondary N) is 1. The zero-order valence-corrected chi connectivity index (χ0v) is 16.4. The number of hydrogen-bond donors (Lipinski definition) is 1. The number of methoxy groups -OCH3 is 1. The summed E-state index contributed by atoms with van der Waals surface area (Å²) < 4.78 is 48.9. The van der Waals surface area contributed by atoms with Gasteiger partial charge in [0.1, 0.15) is 11.5 Å². The number of fused-ring (bicyclic) bond motifs is 1. The van der Waals surface area contributed by atoms with Gasteiger partial charge >= 0.3 is 12.1 Å². The minimum Gasteiger partial charge on any atom is -0.465 e. The van der Waals surface area contributed by atoms with Crippen molar-refractivity contribution in [1.29, 1.82) is 5.41 Å². The molecule has 1 aromatic heterocycles. The van der Waals surface area contributed by atoms with Gasteiger partial charge in [-0.1, -0.05) is 12.1 Å². The molecule has 12 heteroatoms. The van der Waals surface area contributed by atoms with Crippen LogP contribution < -0.4 is 0 Å². The minimum absolute atomic E-state index is 0.179. The van der Waals surface area contributed by atoms with Crippen LogP contribution in [0, 0.1) is 5.41 Å². The van der Waals surface area contributed by atoms with Gasteiger partial charge < -0.3 is 9.15 Å². The van der Waals surface area contributed by atoms with Gasteiger partial charge in [0, 0.05) is 5.56 Å². The summed E-state index contributed by atoms with van der Waals surface area (Å²) in [5.74, 6) is -1.30. The fraction of sp³-hybridized carbons (Fsp3) is 0.105. The first-order valence-electron chi connectivity index (χ1n) is 8.53. The maximum absolute atomic E-state index is 12.9. The number of ether oxygens (including phenoxy) is 1. The van der Waals surface area contributed by atoms with E-state index in [0.29, 0.717) is 21.9 Å². The Labute approximate surface area is 176 Å². The maximum atomic E-state index is 12.9. The number of halogens is 3. The maximum Gasteiger partial charge on any atom is 0.441 e. The molecule has 0 fully saturated rings. The van der Waals surface area contributed by atoms with Crippen LogP contribution in [0.1, 0.15) is 16.1 Å². The normalized spacial score (nSPS) is 17.5. The van der Waals surface area contributed by atoms with Crippen molar-refractivity contribution < 1.29 is 31.9 Å². The van der Waals surface area contributed by atoms with Crippen molar-refractivity contribution in [1.82, 2.24) is 5.01 Å². The van der Waals surface area contributed by atoms with Gasteiger partial charge in [0.2, 0.25) is 10.2 Å². The number of amides is 1. The van der Waals surface area contributed by atoms with Crippen molar-refractivity contribution in [2.75, 3.05) is 7.11 Å². The number of esters is 1. The van der Waals surface area contributed by atoms with Crippen molar-refractivity contribution in [3.63, 3.8) is 0 Å². The highest BCUT2D eigenvalue weighted by molar-refractivity contribution is 8.27. The van der Waals surface area contributed by atoms with Crippen LogP contribution in [0.15, 0.2) is 56.5 Å². The average Bonchev–Trinajstić information content (AvgIpc) is 3.38. The summed E-state index contributed by atoms with van der Waals surface area (Å²) in [6, 6.07) is 9.53. The third-order valence-corrected chi connectivity index (χ3v) is 5.15. The summed E-state index contributed by atoms with van der Waals surface area (Å²) in [5.41, 5.74) is 0.730. The zero-order valence-electron chi connectivity index (χ0n) is 15.6. The van der Waals surface area contributed by atoms with Gasteiger partial charge in [0.25, 0.3) is 5.91 Å². The van der Waals surface area contributed by atoms with E-state index >= 15 is 0 Å². The Bertz CT molecular complexity index is 1200. The number of alkyl halides is 3. The molecule has 0 bridgehead atoms. The van der Waals surface area contributed by atoms with Gasteiger partial charge in [-0.2, -0.15) is 28.3 Å². The Kier molecular flexibility index (Phi) is 5.01. The summed E-state index contributed by atoms with van der Waals surface area (Å²) in [4.78, 5) is 27.4. The molecule has 1 N–H and O–H groups in total. The van der Waals surface area contributed by atoms with Gasteiger partial charge in [0.15, 0.2) is 5.84 Å². The topological polar surface area (TPSA) is 108 Å². The fourth-order valence-electron chi connectivity index (χ4n) is 2.72. The summed E-state index contributed by atoms with van der Waals surface area (Å²) in [5, 5.41) is 10.6. The summed E-state index contributed by atoms with van der Waals surface area (Å²) in [6.45, 7) is 0. The predicted octanol–water partition coefficient (Wildman–Crippen LogP) is 3.91. The molecule has 2 aliphatic rings. The van der Waals surface area contributed by atoms with E-state index in [1.165, 1.54) is 19.3 Å². The molecule has 1 amide bonds. The fourth-order valence-corrected chi connectivity index (χ4v) is 3.48. The SMILES string of the molecule is COC(=O)c1ccc(-c2ccc(C=C3C(=N)N4N=C(C(F)(F)F)SC4=NC3=O)o2)cc1. The molecule has 2 aliphatic heterocycles. The molecule has 0 radical (unpaired) electrons. The van der Waals surface area contributed by atoms with Crippen molar-refractivity contribution in [3.8, 4) is 11.3 Å². The summed E-state index contributed by atoms with van der Waals surface area (Å²) >= 11 is 0.179. The lowest BCUT2D eigenvalue weighted by Gasteiger charge is -2.19. The van der Waals surface area contributed by atoms with Crippen molar-refractivity contribution >= 4 is 45.8 Å². The van der Waals surface area contributed by atoms with Crippen LogP contribution in [0.4, 0.5) is 13.2 Å². The van der Waals surface area contributed by atoms with Gasteiger partial charge in [-0.05, 0) is 42.1 Å². The van der Waals surface area contributed by atoms with Gasteiger partial charge in [0.05, 0.1) is 18.2 Å². The molecular weight excluding hydrogens is 437 g/mol. The van der Waals surface area contributed by atoms with E-state index in [1.807, 2.05) is 0 Å². The Morgan fingerprint density at radius 2 is 1.94 bits per heavy atom. The first-order valence-corrected chi connectivity index (χ1v) is 9.35. The average molecular weight is 448 g/mol. The lowest BCUT2D eigenvalue weighted by Crippen LogP contribution is -2.35. The zero-order chi connectivity index (χ0) is 22.3. The highest BCUT2D eigenvalue weighted by Gasteiger charge is 2.46. The van der Waals surface area contributed by atoms with E-state index in [2.05, 4.69) is 14.8 Å².